The smallest absolute Gasteiger partial charge is 0.277 e. The first-order valence-corrected chi connectivity index (χ1v) is 8.05. The van der Waals surface area contributed by atoms with Crippen LogP contribution in [0.5, 0.6) is 5.75 Å². The number of hydrogen-bond acceptors (Lipinski definition) is 4. The number of amides is 1. The standard InChI is InChI=1S/C19H22N4O2/c1-13(2)23-14(3)9-17(15(23)4)11-21-22-19(24)12-25-18-7-5-16(10-20)6-8-18/h5-9,11,13H,12H2,1-4H3,(H,22,24)/b21-11-. The van der Waals surface area contributed by atoms with Gasteiger partial charge in [-0.05, 0) is 58.0 Å². The molecule has 6 nitrogen and oxygen atoms in total. The molecule has 6 heteroatoms. The van der Waals surface area contributed by atoms with Crippen LogP contribution in [0.1, 0.15) is 42.4 Å². The number of hydrogen-bond donors (Lipinski definition) is 1. The molecule has 1 aromatic carbocycles. The fourth-order valence-electron chi connectivity index (χ4n) is 2.71. The van der Waals surface area contributed by atoms with Crippen molar-refractivity contribution in [2.24, 2.45) is 5.10 Å². The van der Waals surface area contributed by atoms with Crippen molar-refractivity contribution >= 4 is 12.1 Å². The first-order valence-electron chi connectivity index (χ1n) is 8.05. The summed E-state index contributed by atoms with van der Waals surface area (Å²) in [6.07, 6.45) is 1.64. The number of nitrogens with one attached hydrogen (secondary N) is 1. The molecule has 0 aliphatic rings. The van der Waals surface area contributed by atoms with E-state index >= 15 is 0 Å². The minimum absolute atomic E-state index is 0.145. The Hall–Kier alpha value is -3.07. The molecule has 0 bridgehead atoms. The number of benzene rings is 1. The van der Waals surface area contributed by atoms with Gasteiger partial charge in [0.2, 0.25) is 0 Å². The number of carbonyl (C=O) groups excluding carboxylic acids is 1. The summed E-state index contributed by atoms with van der Waals surface area (Å²) in [4.78, 5) is 11.8. The van der Waals surface area contributed by atoms with Crippen LogP contribution in [-0.2, 0) is 4.79 Å². The van der Waals surface area contributed by atoms with Gasteiger partial charge in [0, 0.05) is 23.0 Å². The molecule has 1 amide bonds. The summed E-state index contributed by atoms with van der Waals surface area (Å²) in [5.74, 6) is 0.178. The van der Waals surface area contributed by atoms with Crippen LogP contribution in [0.15, 0.2) is 35.4 Å². The van der Waals surface area contributed by atoms with Gasteiger partial charge in [-0.15, -0.1) is 0 Å². The van der Waals surface area contributed by atoms with E-state index in [0.29, 0.717) is 17.4 Å². The summed E-state index contributed by atoms with van der Waals surface area (Å²) in [6, 6.07) is 11.0. The highest BCUT2D eigenvalue weighted by Gasteiger charge is 2.10. The van der Waals surface area contributed by atoms with Crippen molar-refractivity contribution < 1.29 is 9.53 Å². The highest BCUT2D eigenvalue weighted by Crippen LogP contribution is 2.18. The lowest BCUT2D eigenvalue weighted by atomic mass is 10.2. The third-order valence-electron chi connectivity index (χ3n) is 3.79. The lowest BCUT2D eigenvalue weighted by Crippen LogP contribution is -2.24. The van der Waals surface area contributed by atoms with Crippen LogP contribution >= 0.6 is 0 Å². The predicted molar refractivity (Wildman–Crippen MR) is 96.7 cm³/mol. The molecule has 0 aliphatic carbocycles. The molecule has 2 rings (SSSR count). The summed E-state index contributed by atoms with van der Waals surface area (Å²) in [6.45, 7) is 8.19. The molecule has 0 saturated heterocycles. The zero-order chi connectivity index (χ0) is 18.4. The maximum Gasteiger partial charge on any atom is 0.277 e. The van der Waals surface area contributed by atoms with E-state index in [4.69, 9.17) is 10.00 Å². The molecule has 0 atom stereocenters. The number of aromatic nitrogens is 1. The van der Waals surface area contributed by atoms with Crippen molar-refractivity contribution in [3.63, 3.8) is 0 Å². The molecular weight excluding hydrogens is 316 g/mol. The van der Waals surface area contributed by atoms with Crippen molar-refractivity contribution in [1.29, 1.82) is 5.26 Å². The molecular formula is C19H22N4O2. The zero-order valence-electron chi connectivity index (χ0n) is 14.9. The summed E-state index contributed by atoms with van der Waals surface area (Å²) < 4.78 is 7.57. The number of carbonyl (C=O) groups is 1. The predicted octanol–water partition coefficient (Wildman–Crippen LogP) is 3.09. The number of nitrogens with zero attached hydrogens (tertiary/aromatic N) is 3. The van der Waals surface area contributed by atoms with Gasteiger partial charge >= 0.3 is 0 Å². The highest BCUT2D eigenvalue weighted by atomic mass is 16.5. The lowest BCUT2D eigenvalue weighted by molar-refractivity contribution is -0.123. The number of aryl methyl sites for hydroxylation is 1. The maximum atomic E-state index is 11.8. The van der Waals surface area contributed by atoms with Crippen LogP contribution in [0.4, 0.5) is 0 Å². The number of hydrazone groups is 1. The van der Waals surface area contributed by atoms with Gasteiger partial charge in [0.15, 0.2) is 6.61 Å². The fraction of sp³-hybridized carbons (Fsp3) is 0.316. The number of rotatable bonds is 6. The Kier molecular flexibility index (Phi) is 5.96. The summed E-state index contributed by atoms with van der Waals surface area (Å²) >= 11 is 0. The van der Waals surface area contributed by atoms with Crippen LogP contribution in [0.2, 0.25) is 0 Å². The first-order chi connectivity index (χ1) is 11.9. The third kappa shape index (κ3) is 4.70. The lowest BCUT2D eigenvalue weighted by Gasteiger charge is -2.13. The first kappa shape index (κ1) is 18.3. The zero-order valence-corrected chi connectivity index (χ0v) is 14.9. The second kappa shape index (κ2) is 8.15. The van der Waals surface area contributed by atoms with E-state index in [9.17, 15) is 4.79 Å². The average molecular weight is 338 g/mol. The SMILES string of the molecule is Cc1cc(/C=N\NC(=O)COc2ccc(C#N)cc2)c(C)n1C(C)C. The molecule has 130 valence electrons. The van der Waals surface area contributed by atoms with Crippen molar-refractivity contribution in [3.8, 4) is 11.8 Å². The molecule has 0 aliphatic heterocycles. The van der Waals surface area contributed by atoms with Gasteiger partial charge in [-0.2, -0.15) is 10.4 Å². The van der Waals surface area contributed by atoms with Crippen molar-refractivity contribution in [2.45, 2.75) is 33.7 Å². The molecule has 0 unspecified atom stereocenters. The largest absolute Gasteiger partial charge is 0.484 e. The number of nitriles is 1. The average Bonchev–Trinajstić information content (AvgIpc) is 2.87. The Morgan fingerprint density at radius 1 is 1.36 bits per heavy atom. The van der Waals surface area contributed by atoms with Crippen LogP contribution in [0.3, 0.4) is 0 Å². The van der Waals surface area contributed by atoms with E-state index in [0.717, 1.165) is 17.0 Å². The van der Waals surface area contributed by atoms with Crippen LogP contribution in [0.25, 0.3) is 0 Å². The Bertz CT molecular complexity index is 811. The minimum Gasteiger partial charge on any atom is -0.484 e. The van der Waals surface area contributed by atoms with Crippen LogP contribution in [0, 0.1) is 25.2 Å². The van der Waals surface area contributed by atoms with Crippen LogP contribution in [-0.4, -0.2) is 23.3 Å². The second-order valence-electron chi connectivity index (χ2n) is 6.01. The second-order valence-corrected chi connectivity index (χ2v) is 6.01. The molecule has 25 heavy (non-hydrogen) atoms. The third-order valence-corrected chi connectivity index (χ3v) is 3.79. The normalized spacial score (nSPS) is 10.9. The van der Waals surface area contributed by atoms with E-state index in [1.807, 2.05) is 26.0 Å². The summed E-state index contributed by atoms with van der Waals surface area (Å²) in [7, 11) is 0. The maximum absolute atomic E-state index is 11.8. The van der Waals surface area contributed by atoms with Crippen LogP contribution < -0.4 is 10.2 Å². The van der Waals surface area contributed by atoms with Gasteiger partial charge in [0.05, 0.1) is 17.8 Å². The monoisotopic (exact) mass is 338 g/mol. The molecule has 0 spiro atoms. The van der Waals surface area contributed by atoms with Gasteiger partial charge in [-0.1, -0.05) is 0 Å². The topological polar surface area (TPSA) is 79.4 Å². The van der Waals surface area contributed by atoms with Gasteiger partial charge in [0.1, 0.15) is 5.75 Å². The molecule has 0 radical (unpaired) electrons. The van der Waals surface area contributed by atoms with Gasteiger partial charge in [-0.25, -0.2) is 5.43 Å². The minimum atomic E-state index is -0.349. The Balaban J connectivity index is 1.88. The fourth-order valence-corrected chi connectivity index (χ4v) is 2.71. The van der Waals surface area contributed by atoms with E-state index in [2.05, 4.69) is 28.9 Å². The van der Waals surface area contributed by atoms with Crippen molar-refractivity contribution in [3.05, 3.63) is 52.8 Å². The van der Waals surface area contributed by atoms with Gasteiger partial charge in [0.25, 0.3) is 5.91 Å². The molecule has 0 saturated carbocycles. The Morgan fingerprint density at radius 2 is 2.04 bits per heavy atom. The summed E-state index contributed by atoms with van der Waals surface area (Å²) in [5.41, 5.74) is 6.23. The van der Waals surface area contributed by atoms with E-state index in [1.165, 1.54) is 0 Å². The van der Waals surface area contributed by atoms with E-state index in [1.54, 1.807) is 30.5 Å². The van der Waals surface area contributed by atoms with Crippen molar-refractivity contribution in [2.75, 3.05) is 6.61 Å². The quantitative estimate of drug-likeness (QED) is 0.649. The van der Waals surface area contributed by atoms with Gasteiger partial charge in [-0.3, -0.25) is 4.79 Å². The molecule has 2 aromatic rings. The molecule has 0 fully saturated rings. The highest BCUT2D eigenvalue weighted by molar-refractivity contribution is 5.84. The molecule has 1 aromatic heterocycles. The molecule has 1 N–H and O–H groups in total. The molecule has 1 heterocycles. The Morgan fingerprint density at radius 3 is 2.60 bits per heavy atom. The summed E-state index contributed by atoms with van der Waals surface area (Å²) in [5, 5.41) is 12.7. The number of ether oxygens (including phenoxy) is 1. The van der Waals surface area contributed by atoms with Crippen molar-refractivity contribution in [1.82, 2.24) is 9.99 Å². The van der Waals surface area contributed by atoms with Gasteiger partial charge < -0.3 is 9.30 Å². The Labute approximate surface area is 147 Å². The van der Waals surface area contributed by atoms with E-state index < -0.39 is 0 Å². The van der Waals surface area contributed by atoms with E-state index in [-0.39, 0.29) is 12.5 Å².